The molecule has 0 fully saturated rings. The number of sulfonamides is 1. The van der Waals surface area contributed by atoms with Gasteiger partial charge < -0.3 is 9.84 Å². The number of ether oxygens (including phenoxy) is 1. The fraction of sp³-hybridized carbons (Fsp3) is 0.467. The van der Waals surface area contributed by atoms with Crippen molar-refractivity contribution in [2.45, 2.75) is 38.0 Å². The molecule has 0 aromatic heterocycles. The highest BCUT2D eigenvalue weighted by atomic mass is 32.2. The van der Waals surface area contributed by atoms with Gasteiger partial charge in [-0.1, -0.05) is 12.1 Å². The molecule has 0 spiro atoms. The molecule has 0 aliphatic carbocycles. The lowest BCUT2D eigenvalue weighted by atomic mass is 10.0. The van der Waals surface area contributed by atoms with Crippen LogP contribution in [0.3, 0.4) is 0 Å². The molecule has 8 heteroatoms. The predicted octanol–water partition coefficient (Wildman–Crippen LogP) is 1.54. The number of carbonyl (C=O) groups excluding carboxylic acids is 1. The summed E-state index contributed by atoms with van der Waals surface area (Å²) in [6.45, 7) is 3.25. The summed E-state index contributed by atoms with van der Waals surface area (Å²) in [4.78, 5) is 22.1. The van der Waals surface area contributed by atoms with E-state index in [0.29, 0.717) is 5.56 Å². The zero-order valence-electron chi connectivity index (χ0n) is 13.3. The van der Waals surface area contributed by atoms with E-state index in [1.54, 1.807) is 26.0 Å². The van der Waals surface area contributed by atoms with Crippen LogP contribution in [0, 0.1) is 0 Å². The Morgan fingerprint density at radius 3 is 2.52 bits per heavy atom. The number of hydrogen-bond donors (Lipinski definition) is 2. The van der Waals surface area contributed by atoms with Crippen LogP contribution in [0.15, 0.2) is 24.3 Å². The third-order valence-corrected chi connectivity index (χ3v) is 4.68. The maximum atomic E-state index is 12.2. The number of methoxy groups -OCH3 is 1. The van der Waals surface area contributed by atoms with Gasteiger partial charge in [-0.25, -0.2) is 17.9 Å². The topological polar surface area (TPSA) is 110 Å². The van der Waals surface area contributed by atoms with Crippen molar-refractivity contribution in [2.75, 3.05) is 7.11 Å². The number of carbonyl (C=O) groups is 2. The van der Waals surface area contributed by atoms with Crippen molar-refractivity contribution < 1.29 is 27.9 Å². The molecule has 0 aliphatic heterocycles. The van der Waals surface area contributed by atoms with Gasteiger partial charge in [-0.05, 0) is 38.0 Å². The van der Waals surface area contributed by atoms with Crippen molar-refractivity contribution in [3.63, 3.8) is 0 Å². The van der Waals surface area contributed by atoms with Crippen LogP contribution < -0.4 is 4.72 Å². The van der Waals surface area contributed by atoms with Gasteiger partial charge in [-0.2, -0.15) is 0 Å². The standard InChI is InChI=1S/C15H21NO6S/c1-15(2,8-7-13(17)18)16-23(20,21)10-11-5-4-6-12(9-11)14(19)22-3/h4-6,9,16H,7-8,10H2,1-3H3,(H,17,18). The molecular formula is C15H21NO6S. The summed E-state index contributed by atoms with van der Waals surface area (Å²) in [5, 5.41) is 8.70. The normalized spacial score (nSPS) is 12.0. The molecule has 2 N–H and O–H groups in total. The lowest BCUT2D eigenvalue weighted by molar-refractivity contribution is -0.137. The Morgan fingerprint density at radius 1 is 1.30 bits per heavy atom. The number of nitrogens with one attached hydrogen (secondary N) is 1. The van der Waals surface area contributed by atoms with Crippen LogP contribution in [0.25, 0.3) is 0 Å². The summed E-state index contributed by atoms with van der Waals surface area (Å²) in [6.07, 6.45) is 0.0388. The van der Waals surface area contributed by atoms with Crippen LogP contribution >= 0.6 is 0 Å². The highest BCUT2D eigenvalue weighted by Crippen LogP contribution is 2.16. The zero-order valence-corrected chi connectivity index (χ0v) is 14.1. The van der Waals surface area contributed by atoms with E-state index in [1.807, 2.05) is 0 Å². The third kappa shape index (κ3) is 6.79. The van der Waals surface area contributed by atoms with Crippen molar-refractivity contribution >= 4 is 22.0 Å². The van der Waals surface area contributed by atoms with E-state index in [2.05, 4.69) is 9.46 Å². The minimum atomic E-state index is -3.68. The minimum Gasteiger partial charge on any atom is -0.481 e. The van der Waals surface area contributed by atoms with Crippen molar-refractivity contribution in [3.05, 3.63) is 35.4 Å². The predicted molar refractivity (Wildman–Crippen MR) is 84.5 cm³/mol. The summed E-state index contributed by atoms with van der Waals surface area (Å²) in [5.74, 6) is -1.84. The lowest BCUT2D eigenvalue weighted by Gasteiger charge is -2.25. The second kappa shape index (κ2) is 7.56. The van der Waals surface area contributed by atoms with E-state index in [1.165, 1.54) is 19.2 Å². The van der Waals surface area contributed by atoms with Crippen LogP contribution in [0.5, 0.6) is 0 Å². The third-order valence-electron chi connectivity index (χ3n) is 3.10. The SMILES string of the molecule is COC(=O)c1cccc(CS(=O)(=O)NC(C)(C)CCC(=O)O)c1. The van der Waals surface area contributed by atoms with E-state index >= 15 is 0 Å². The van der Waals surface area contributed by atoms with Gasteiger partial charge in [0.25, 0.3) is 0 Å². The number of hydrogen-bond acceptors (Lipinski definition) is 5. The average Bonchev–Trinajstić information content (AvgIpc) is 2.43. The van der Waals surface area contributed by atoms with E-state index in [0.717, 1.165) is 0 Å². The highest BCUT2D eigenvalue weighted by Gasteiger charge is 2.26. The number of aliphatic carboxylic acids is 1. The summed E-state index contributed by atoms with van der Waals surface area (Å²) < 4.78 is 31.6. The number of benzene rings is 1. The number of rotatable bonds is 8. The second-order valence-corrected chi connectivity index (χ2v) is 7.55. The van der Waals surface area contributed by atoms with Gasteiger partial charge in [0.15, 0.2) is 0 Å². The first kappa shape index (κ1) is 19.1. The maximum Gasteiger partial charge on any atom is 0.337 e. The smallest absolute Gasteiger partial charge is 0.337 e. The Morgan fingerprint density at radius 2 is 1.96 bits per heavy atom. The minimum absolute atomic E-state index is 0.132. The maximum absolute atomic E-state index is 12.2. The lowest BCUT2D eigenvalue weighted by Crippen LogP contribution is -2.44. The summed E-state index contributed by atoms with van der Waals surface area (Å²) >= 11 is 0. The number of esters is 1. The van der Waals surface area contributed by atoms with Crippen molar-refractivity contribution in [1.29, 1.82) is 0 Å². The van der Waals surface area contributed by atoms with Crippen molar-refractivity contribution in [2.24, 2.45) is 0 Å². The molecule has 0 saturated heterocycles. The van der Waals surface area contributed by atoms with Crippen LogP contribution in [-0.4, -0.2) is 38.1 Å². The Bertz CT molecular complexity index is 681. The molecule has 1 aromatic carbocycles. The Hall–Kier alpha value is -1.93. The first-order valence-electron chi connectivity index (χ1n) is 6.95. The molecule has 0 bridgehead atoms. The molecule has 1 rings (SSSR count). The molecule has 0 amide bonds. The molecule has 0 aliphatic rings. The van der Waals surface area contributed by atoms with Crippen LogP contribution in [0.1, 0.15) is 42.6 Å². The summed E-state index contributed by atoms with van der Waals surface area (Å²) in [6, 6.07) is 6.16. The Kier molecular flexibility index (Phi) is 6.28. The largest absolute Gasteiger partial charge is 0.481 e. The highest BCUT2D eigenvalue weighted by molar-refractivity contribution is 7.88. The molecule has 0 unspecified atom stereocenters. The Labute approximate surface area is 135 Å². The summed E-state index contributed by atoms with van der Waals surface area (Å²) in [5.41, 5.74) is -0.170. The molecule has 128 valence electrons. The molecule has 0 radical (unpaired) electrons. The average molecular weight is 343 g/mol. The van der Waals surface area contributed by atoms with E-state index < -0.39 is 27.5 Å². The molecule has 0 saturated carbocycles. The molecule has 7 nitrogen and oxygen atoms in total. The van der Waals surface area contributed by atoms with Gasteiger partial charge in [-0.15, -0.1) is 0 Å². The van der Waals surface area contributed by atoms with Gasteiger partial charge in [0.1, 0.15) is 0 Å². The van der Waals surface area contributed by atoms with Gasteiger partial charge in [-0.3, -0.25) is 4.79 Å². The molecule has 23 heavy (non-hydrogen) atoms. The molecule has 1 aromatic rings. The van der Waals surface area contributed by atoms with Crippen LogP contribution in [-0.2, 0) is 25.3 Å². The van der Waals surface area contributed by atoms with E-state index in [-0.39, 0.29) is 24.2 Å². The van der Waals surface area contributed by atoms with E-state index in [9.17, 15) is 18.0 Å². The number of carboxylic acid groups (broad SMARTS) is 1. The fourth-order valence-electron chi connectivity index (χ4n) is 2.05. The van der Waals surface area contributed by atoms with Crippen molar-refractivity contribution in [1.82, 2.24) is 4.72 Å². The van der Waals surface area contributed by atoms with Crippen molar-refractivity contribution in [3.8, 4) is 0 Å². The van der Waals surface area contributed by atoms with Gasteiger partial charge >= 0.3 is 11.9 Å². The summed E-state index contributed by atoms with van der Waals surface area (Å²) in [7, 11) is -2.44. The molecular weight excluding hydrogens is 322 g/mol. The van der Waals surface area contributed by atoms with Crippen LogP contribution in [0.2, 0.25) is 0 Å². The quantitative estimate of drug-likeness (QED) is 0.693. The molecule has 0 atom stereocenters. The number of carboxylic acids is 1. The van der Waals surface area contributed by atoms with Crippen LogP contribution in [0.4, 0.5) is 0 Å². The van der Waals surface area contributed by atoms with Gasteiger partial charge in [0, 0.05) is 12.0 Å². The molecule has 0 heterocycles. The van der Waals surface area contributed by atoms with Gasteiger partial charge in [0.05, 0.1) is 18.4 Å². The van der Waals surface area contributed by atoms with E-state index in [4.69, 9.17) is 5.11 Å². The fourth-order valence-corrected chi connectivity index (χ4v) is 3.69. The zero-order chi connectivity index (χ0) is 17.7. The van der Waals surface area contributed by atoms with Gasteiger partial charge in [0.2, 0.25) is 10.0 Å². The first-order valence-corrected chi connectivity index (χ1v) is 8.60. The second-order valence-electron chi connectivity index (χ2n) is 5.83. The monoisotopic (exact) mass is 343 g/mol. The first-order chi connectivity index (χ1) is 10.5. The Balaban J connectivity index is 2.82.